The van der Waals surface area contributed by atoms with Gasteiger partial charge < -0.3 is 19.8 Å². The molecule has 2 heterocycles. The molecule has 2 amide bonds. The third-order valence-corrected chi connectivity index (χ3v) is 5.30. The molecule has 1 atom stereocenters. The second-order valence-corrected chi connectivity index (χ2v) is 7.32. The third-order valence-electron chi connectivity index (χ3n) is 4.40. The Morgan fingerprint density at radius 3 is 2.42 bits per heavy atom. The van der Waals surface area contributed by atoms with Crippen molar-refractivity contribution in [2.24, 2.45) is 0 Å². The number of rotatable bonds is 6. The van der Waals surface area contributed by atoms with Crippen LogP contribution >= 0.6 is 11.3 Å². The maximum Gasteiger partial charge on any atom is 0.350 e. The third kappa shape index (κ3) is 4.62. The van der Waals surface area contributed by atoms with Crippen LogP contribution in [0.25, 0.3) is 11.5 Å². The van der Waals surface area contributed by atoms with Crippen LogP contribution in [0.4, 0.5) is 10.5 Å². The first-order valence-corrected chi connectivity index (χ1v) is 10.2. The highest BCUT2D eigenvalue weighted by atomic mass is 32.1. The molecule has 0 saturated heterocycles. The zero-order valence-electron chi connectivity index (χ0n) is 16.4. The smallest absolute Gasteiger partial charge is 0.350 e. The Kier molecular flexibility index (Phi) is 6.04. The fraction of sp³-hybridized carbons (Fsp3) is 0.0909. The minimum absolute atomic E-state index is 0.235. The van der Waals surface area contributed by atoms with Crippen molar-refractivity contribution in [3.8, 4) is 11.5 Å². The van der Waals surface area contributed by atoms with Gasteiger partial charge in [-0.3, -0.25) is 0 Å². The molecule has 0 aliphatic heterocycles. The number of carbonyl (C=O) groups is 2. The maximum atomic E-state index is 12.7. The van der Waals surface area contributed by atoms with Gasteiger partial charge in [0.05, 0.1) is 12.8 Å². The van der Waals surface area contributed by atoms with E-state index < -0.39 is 18.0 Å². The molecular weight excluding hydrogens is 416 g/mol. The molecule has 31 heavy (non-hydrogen) atoms. The summed E-state index contributed by atoms with van der Waals surface area (Å²) in [4.78, 5) is 24.9. The number of hydrogen-bond acceptors (Lipinski definition) is 7. The van der Waals surface area contributed by atoms with E-state index in [-0.39, 0.29) is 5.89 Å². The first kappa shape index (κ1) is 20.3. The van der Waals surface area contributed by atoms with E-state index in [1.54, 1.807) is 11.4 Å². The molecule has 4 aromatic rings. The molecule has 0 fully saturated rings. The minimum atomic E-state index is -0.689. The first-order chi connectivity index (χ1) is 15.2. The van der Waals surface area contributed by atoms with Crippen molar-refractivity contribution < 1.29 is 18.7 Å². The lowest BCUT2D eigenvalue weighted by atomic mass is 10.1. The second kappa shape index (κ2) is 9.23. The number of aromatic nitrogens is 2. The van der Waals surface area contributed by atoms with Gasteiger partial charge in [-0.05, 0) is 29.1 Å². The minimum Gasteiger partial charge on any atom is -0.465 e. The van der Waals surface area contributed by atoms with E-state index >= 15 is 0 Å². The van der Waals surface area contributed by atoms with Crippen molar-refractivity contribution in [1.82, 2.24) is 15.5 Å². The summed E-state index contributed by atoms with van der Waals surface area (Å²) in [6.45, 7) is 0. The molecule has 1 unspecified atom stereocenters. The average molecular weight is 434 g/mol. The van der Waals surface area contributed by atoms with E-state index in [0.29, 0.717) is 16.5 Å². The van der Waals surface area contributed by atoms with Crippen LogP contribution in [-0.2, 0) is 4.74 Å². The zero-order chi connectivity index (χ0) is 21.6. The monoisotopic (exact) mass is 434 g/mol. The number of nitrogens with one attached hydrogen (secondary N) is 2. The molecule has 0 saturated carbocycles. The SMILES string of the molecule is COC(=O)c1sccc1NC(=O)NC(c1ccccc1)c1nnc(-c2ccccc2)o1. The Balaban J connectivity index is 1.59. The lowest BCUT2D eigenvalue weighted by Crippen LogP contribution is -2.33. The first-order valence-electron chi connectivity index (χ1n) is 9.33. The summed E-state index contributed by atoms with van der Waals surface area (Å²) in [7, 11) is 1.29. The Hall–Kier alpha value is -3.98. The number of thiophene rings is 1. The van der Waals surface area contributed by atoms with Gasteiger partial charge in [-0.15, -0.1) is 21.5 Å². The van der Waals surface area contributed by atoms with Crippen LogP contribution in [0.2, 0.25) is 0 Å². The average Bonchev–Trinajstić information content (AvgIpc) is 3.48. The number of amides is 2. The Morgan fingerprint density at radius 2 is 1.71 bits per heavy atom. The van der Waals surface area contributed by atoms with Crippen molar-refractivity contribution in [1.29, 1.82) is 0 Å². The van der Waals surface area contributed by atoms with Gasteiger partial charge in [0.1, 0.15) is 10.9 Å². The largest absolute Gasteiger partial charge is 0.465 e. The molecule has 4 rings (SSSR count). The Labute approximate surface area is 181 Å². The molecule has 156 valence electrons. The van der Waals surface area contributed by atoms with Crippen molar-refractivity contribution in [3.63, 3.8) is 0 Å². The van der Waals surface area contributed by atoms with Gasteiger partial charge in [-0.25, -0.2) is 9.59 Å². The number of hydrogen-bond donors (Lipinski definition) is 2. The Morgan fingerprint density at radius 1 is 1.00 bits per heavy atom. The van der Waals surface area contributed by atoms with Gasteiger partial charge in [0.15, 0.2) is 0 Å². The number of benzene rings is 2. The number of methoxy groups -OCH3 is 1. The van der Waals surface area contributed by atoms with Gasteiger partial charge in [0, 0.05) is 5.56 Å². The highest BCUT2D eigenvalue weighted by molar-refractivity contribution is 7.12. The lowest BCUT2D eigenvalue weighted by Gasteiger charge is -2.16. The van der Waals surface area contributed by atoms with E-state index in [4.69, 9.17) is 9.15 Å². The normalized spacial score (nSPS) is 11.5. The molecule has 0 aliphatic carbocycles. The number of carbonyl (C=O) groups excluding carboxylic acids is 2. The molecule has 2 N–H and O–H groups in total. The molecule has 8 nitrogen and oxygen atoms in total. The van der Waals surface area contributed by atoms with Crippen LogP contribution < -0.4 is 10.6 Å². The van der Waals surface area contributed by atoms with Crippen LogP contribution in [0.3, 0.4) is 0 Å². The zero-order valence-corrected chi connectivity index (χ0v) is 17.3. The second-order valence-electron chi connectivity index (χ2n) is 6.41. The highest BCUT2D eigenvalue weighted by Crippen LogP contribution is 2.26. The summed E-state index contributed by atoms with van der Waals surface area (Å²) < 4.78 is 10.6. The van der Waals surface area contributed by atoms with Gasteiger partial charge in [0.25, 0.3) is 0 Å². The van der Waals surface area contributed by atoms with Crippen LogP contribution in [0.15, 0.2) is 76.5 Å². The molecule has 0 aliphatic rings. The summed E-state index contributed by atoms with van der Waals surface area (Å²) >= 11 is 1.18. The van der Waals surface area contributed by atoms with Gasteiger partial charge in [0.2, 0.25) is 11.8 Å². The fourth-order valence-electron chi connectivity index (χ4n) is 2.93. The number of esters is 1. The summed E-state index contributed by atoms with van der Waals surface area (Å²) in [6.07, 6.45) is 0. The molecule has 0 spiro atoms. The predicted octanol–water partition coefficient (Wildman–Crippen LogP) is 4.50. The molecule has 2 aromatic carbocycles. The number of anilines is 1. The molecule has 2 aromatic heterocycles. The number of nitrogens with zero attached hydrogens (tertiary/aromatic N) is 2. The van der Waals surface area contributed by atoms with Crippen molar-refractivity contribution in [2.75, 3.05) is 12.4 Å². The Bertz CT molecular complexity index is 1170. The number of ether oxygens (including phenoxy) is 1. The molecule has 9 heteroatoms. The summed E-state index contributed by atoms with van der Waals surface area (Å²) in [5.41, 5.74) is 1.90. The maximum absolute atomic E-state index is 12.7. The van der Waals surface area contributed by atoms with Gasteiger partial charge >= 0.3 is 12.0 Å². The lowest BCUT2D eigenvalue weighted by molar-refractivity contribution is 0.0607. The molecule has 0 bridgehead atoms. The van der Waals surface area contributed by atoms with Crippen LogP contribution in [0, 0.1) is 0 Å². The van der Waals surface area contributed by atoms with Crippen LogP contribution in [0.1, 0.15) is 27.2 Å². The van der Waals surface area contributed by atoms with Crippen LogP contribution in [-0.4, -0.2) is 29.3 Å². The summed E-state index contributed by atoms with van der Waals surface area (Å²) in [5, 5.41) is 15.5. The van der Waals surface area contributed by atoms with E-state index in [0.717, 1.165) is 11.1 Å². The number of urea groups is 1. The molecular formula is C22H18N4O4S. The standard InChI is InChI=1S/C22H18N4O4S/c1-29-21(27)18-16(12-13-31-18)23-22(28)24-17(14-8-4-2-5-9-14)20-26-25-19(30-20)15-10-6-3-7-11-15/h2-13,17H,1H3,(H2,23,24,28). The van der Waals surface area contributed by atoms with E-state index in [2.05, 4.69) is 20.8 Å². The topological polar surface area (TPSA) is 106 Å². The quantitative estimate of drug-likeness (QED) is 0.433. The van der Waals surface area contributed by atoms with Crippen molar-refractivity contribution in [2.45, 2.75) is 6.04 Å². The fourth-order valence-corrected chi connectivity index (χ4v) is 3.70. The van der Waals surface area contributed by atoms with Gasteiger partial charge in [-0.1, -0.05) is 48.5 Å². The van der Waals surface area contributed by atoms with Gasteiger partial charge in [-0.2, -0.15) is 0 Å². The van der Waals surface area contributed by atoms with E-state index in [9.17, 15) is 9.59 Å². The predicted molar refractivity (Wildman–Crippen MR) is 116 cm³/mol. The summed E-state index contributed by atoms with van der Waals surface area (Å²) in [6, 6.07) is 19.1. The van der Waals surface area contributed by atoms with Crippen molar-refractivity contribution >= 4 is 29.0 Å². The van der Waals surface area contributed by atoms with Crippen LogP contribution in [0.5, 0.6) is 0 Å². The highest BCUT2D eigenvalue weighted by Gasteiger charge is 2.24. The van der Waals surface area contributed by atoms with E-state index in [1.165, 1.54) is 18.4 Å². The summed E-state index contributed by atoms with van der Waals surface area (Å²) in [5.74, 6) is 0.0672. The van der Waals surface area contributed by atoms with Crippen molar-refractivity contribution in [3.05, 3.63) is 88.4 Å². The molecule has 0 radical (unpaired) electrons. The van der Waals surface area contributed by atoms with E-state index in [1.807, 2.05) is 60.7 Å².